The third kappa shape index (κ3) is 1.76. The van der Waals surface area contributed by atoms with E-state index in [1.165, 1.54) is 17.6 Å². The highest BCUT2D eigenvalue weighted by Gasteiger charge is 2.34. The van der Waals surface area contributed by atoms with Crippen molar-refractivity contribution >= 4 is 11.0 Å². The van der Waals surface area contributed by atoms with Gasteiger partial charge in [0.1, 0.15) is 0 Å². The molecular weight excluding hydrogens is 274 g/mol. The minimum atomic E-state index is -0.0362. The zero-order chi connectivity index (χ0) is 15.3. The van der Waals surface area contributed by atoms with Gasteiger partial charge >= 0.3 is 0 Å². The van der Waals surface area contributed by atoms with Crippen LogP contribution in [0.2, 0.25) is 0 Å². The van der Waals surface area contributed by atoms with Crippen LogP contribution >= 0.6 is 0 Å². The number of hydrogen-bond acceptors (Lipinski definition) is 2. The molecule has 4 heteroatoms. The maximum atomic E-state index is 12.5. The van der Waals surface area contributed by atoms with E-state index < -0.39 is 0 Å². The molecule has 0 unspecified atom stereocenters. The molecule has 4 nitrogen and oxygen atoms in total. The minimum absolute atomic E-state index is 0.00188. The predicted octanol–water partition coefficient (Wildman–Crippen LogP) is 3.33. The smallest absolute Gasteiger partial charge is 0.260 e. The van der Waals surface area contributed by atoms with Crippen LogP contribution in [0.5, 0.6) is 0 Å². The Kier molecular flexibility index (Phi) is 2.76. The van der Waals surface area contributed by atoms with E-state index in [-0.39, 0.29) is 11.0 Å². The number of aromatic amines is 1. The third-order valence-electron chi connectivity index (χ3n) is 4.76. The molecule has 0 saturated heterocycles. The number of nitrogens with zero attached hydrogens (tertiary/aromatic N) is 2. The molecule has 0 atom stereocenters. The van der Waals surface area contributed by atoms with Gasteiger partial charge in [-0.1, -0.05) is 32.0 Å². The van der Waals surface area contributed by atoms with Crippen molar-refractivity contribution in [2.24, 2.45) is 0 Å². The average Bonchev–Trinajstić information content (AvgIpc) is 2.85. The molecular formula is C18H19N3O. The molecule has 22 heavy (non-hydrogen) atoms. The molecule has 0 spiro atoms. The highest BCUT2D eigenvalue weighted by Crippen LogP contribution is 2.42. The summed E-state index contributed by atoms with van der Waals surface area (Å²) in [5.74, 6) is 0. The Morgan fingerprint density at radius 2 is 2.00 bits per heavy atom. The van der Waals surface area contributed by atoms with E-state index in [1.807, 2.05) is 18.2 Å². The van der Waals surface area contributed by atoms with Crippen LogP contribution in [0.25, 0.3) is 16.7 Å². The monoisotopic (exact) mass is 293 g/mol. The van der Waals surface area contributed by atoms with Gasteiger partial charge in [-0.3, -0.25) is 9.36 Å². The van der Waals surface area contributed by atoms with Gasteiger partial charge in [-0.05, 0) is 42.4 Å². The second kappa shape index (κ2) is 4.57. The van der Waals surface area contributed by atoms with E-state index in [0.29, 0.717) is 0 Å². The number of nitrogens with one attached hydrogen (secondary N) is 1. The van der Waals surface area contributed by atoms with Crippen LogP contribution in [-0.4, -0.2) is 14.5 Å². The number of fused-ring (bicyclic) bond motifs is 3. The Morgan fingerprint density at radius 3 is 2.77 bits per heavy atom. The Bertz CT molecular complexity index is 903. The van der Waals surface area contributed by atoms with Crippen LogP contribution in [0.15, 0.2) is 41.5 Å². The molecule has 1 aliphatic rings. The molecule has 1 aromatic carbocycles. The lowest BCUT2D eigenvalue weighted by molar-refractivity contribution is 0.430. The van der Waals surface area contributed by atoms with Crippen LogP contribution in [0.4, 0.5) is 0 Å². The predicted molar refractivity (Wildman–Crippen MR) is 87.7 cm³/mol. The molecule has 1 aliphatic carbocycles. The molecule has 2 aromatic heterocycles. The van der Waals surface area contributed by atoms with Crippen molar-refractivity contribution in [1.29, 1.82) is 0 Å². The second-order valence-electron chi connectivity index (χ2n) is 6.66. The first-order valence-electron chi connectivity index (χ1n) is 7.76. The van der Waals surface area contributed by atoms with E-state index in [0.717, 1.165) is 36.0 Å². The summed E-state index contributed by atoms with van der Waals surface area (Å²) in [5.41, 5.74) is 4.22. The molecule has 0 fully saturated rings. The van der Waals surface area contributed by atoms with Crippen molar-refractivity contribution in [3.05, 3.63) is 58.3 Å². The fourth-order valence-electron chi connectivity index (χ4n) is 3.81. The summed E-state index contributed by atoms with van der Waals surface area (Å²) in [6.07, 6.45) is 4.73. The lowest BCUT2D eigenvalue weighted by Crippen LogP contribution is -2.25. The summed E-state index contributed by atoms with van der Waals surface area (Å²) in [7, 11) is 0. The molecule has 112 valence electrons. The number of rotatable bonds is 1. The maximum absolute atomic E-state index is 12.5. The van der Waals surface area contributed by atoms with Crippen LogP contribution in [0.3, 0.4) is 0 Å². The molecule has 1 N–H and O–H groups in total. The van der Waals surface area contributed by atoms with Gasteiger partial charge in [0.05, 0.1) is 11.7 Å². The molecule has 0 saturated carbocycles. The van der Waals surface area contributed by atoms with Crippen molar-refractivity contribution in [2.45, 2.75) is 38.5 Å². The molecule has 3 aromatic rings. The van der Waals surface area contributed by atoms with E-state index in [9.17, 15) is 4.79 Å². The summed E-state index contributed by atoms with van der Waals surface area (Å²) in [6, 6.07) is 10.2. The fourth-order valence-corrected chi connectivity index (χ4v) is 3.81. The first kappa shape index (κ1) is 13.3. The number of para-hydroxylation sites is 1. The molecule has 4 rings (SSSR count). The summed E-state index contributed by atoms with van der Waals surface area (Å²) >= 11 is 0. The fraction of sp³-hybridized carbons (Fsp3) is 0.333. The molecule has 0 aliphatic heterocycles. The molecule has 0 radical (unpaired) electrons. The van der Waals surface area contributed by atoms with Gasteiger partial charge in [0.25, 0.3) is 5.56 Å². The number of H-pyrrole nitrogens is 1. The van der Waals surface area contributed by atoms with Gasteiger partial charge < -0.3 is 4.98 Å². The lowest BCUT2D eigenvalue weighted by Gasteiger charge is -2.31. The maximum Gasteiger partial charge on any atom is 0.260 e. The summed E-state index contributed by atoms with van der Waals surface area (Å²) in [5, 5.41) is 0.756. The van der Waals surface area contributed by atoms with Crippen molar-refractivity contribution < 1.29 is 0 Å². The first-order valence-corrected chi connectivity index (χ1v) is 7.76. The second-order valence-corrected chi connectivity index (χ2v) is 6.66. The Hall–Kier alpha value is -2.36. The van der Waals surface area contributed by atoms with Crippen molar-refractivity contribution in [2.75, 3.05) is 0 Å². The third-order valence-corrected chi connectivity index (χ3v) is 4.76. The zero-order valence-electron chi connectivity index (χ0n) is 12.9. The van der Waals surface area contributed by atoms with E-state index in [1.54, 1.807) is 0 Å². The normalized spacial score (nSPS) is 16.6. The average molecular weight is 293 g/mol. The quantitative estimate of drug-likeness (QED) is 0.748. The lowest BCUT2D eigenvalue weighted by atomic mass is 9.74. The van der Waals surface area contributed by atoms with Gasteiger partial charge in [0.15, 0.2) is 5.65 Å². The van der Waals surface area contributed by atoms with Gasteiger partial charge in [-0.15, -0.1) is 0 Å². The number of hydrogen-bond donors (Lipinski definition) is 1. The summed E-state index contributed by atoms with van der Waals surface area (Å²) in [6.45, 7) is 4.46. The Labute approximate surface area is 128 Å². The number of benzene rings is 1. The minimum Gasteiger partial charge on any atom is -0.312 e. The van der Waals surface area contributed by atoms with Gasteiger partial charge in [-0.25, -0.2) is 4.98 Å². The van der Waals surface area contributed by atoms with Gasteiger partial charge in [0.2, 0.25) is 0 Å². The summed E-state index contributed by atoms with van der Waals surface area (Å²) in [4.78, 5) is 19.7. The number of aromatic nitrogens is 3. The van der Waals surface area contributed by atoms with Crippen LogP contribution in [0.1, 0.15) is 37.9 Å². The van der Waals surface area contributed by atoms with Crippen molar-refractivity contribution in [1.82, 2.24) is 14.5 Å². The SMILES string of the molecule is CC1(C)CCCc2c1c1c(=O)[nH]cnc1n2-c1ccccc1. The van der Waals surface area contributed by atoms with Crippen LogP contribution in [0, 0.1) is 0 Å². The topological polar surface area (TPSA) is 50.7 Å². The highest BCUT2D eigenvalue weighted by atomic mass is 16.1. The van der Waals surface area contributed by atoms with E-state index in [4.69, 9.17) is 0 Å². The summed E-state index contributed by atoms with van der Waals surface area (Å²) < 4.78 is 2.17. The van der Waals surface area contributed by atoms with Gasteiger partial charge in [0, 0.05) is 11.4 Å². The zero-order valence-corrected chi connectivity index (χ0v) is 12.9. The first-order chi connectivity index (χ1) is 10.6. The highest BCUT2D eigenvalue weighted by molar-refractivity contribution is 5.84. The van der Waals surface area contributed by atoms with Crippen LogP contribution < -0.4 is 5.56 Å². The van der Waals surface area contributed by atoms with Crippen LogP contribution in [-0.2, 0) is 11.8 Å². The van der Waals surface area contributed by atoms with Gasteiger partial charge in [-0.2, -0.15) is 0 Å². The molecule has 2 heterocycles. The van der Waals surface area contributed by atoms with E-state index in [2.05, 4.69) is 40.5 Å². The van der Waals surface area contributed by atoms with Crippen molar-refractivity contribution in [3.8, 4) is 5.69 Å². The molecule has 0 amide bonds. The Balaban J connectivity index is 2.19. The molecule has 0 bridgehead atoms. The largest absolute Gasteiger partial charge is 0.312 e. The Morgan fingerprint density at radius 1 is 1.23 bits per heavy atom. The van der Waals surface area contributed by atoms with Crippen molar-refractivity contribution in [3.63, 3.8) is 0 Å². The standard InChI is InChI=1S/C18H19N3O/c1-18(2)10-6-9-13-15(18)14-16(19-11-20-17(14)22)21(13)12-7-4-3-5-8-12/h3-5,7-8,11H,6,9-10H2,1-2H3,(H,19,20,22). The van der Waals surface area contributed by atoms with E-state index >= 15 is 0 Å².